The molecule has 6 heteroatoms. The standard InChI is InChI=1S/C17H16N6/c1-2-8-19-16(18-7-1)22-12-14-5-3-6-15(11-14)13-23-17-20-9-4-10-21-17/h1-7,9-11H,12-13H2,(H,18,22)(H,20,21,23). The third kappa shape index (κ3) is 4.62. The first-order chi connectivity index (χ1) is 11.4. The quantitative estimate of drug-likeness (QED) is 0.888. The molecule has 0 saturated carbocycles. The van der Waals surface area contributed by atoms with Gasteiger partial charge in [-0.25, -0.2) is 15.0 Å². The van der Waals surface area contributed by atoms with Crippen molar-refractivity contribution in [2.75, 3.05) is 5.32 Å². The van der Waals surface area contributed by atoms with Crippen LogP contribution in [0.1, 0.15) is 11.1 Å². The molecule has 2 heterocycles. The Morgan fingerprint density at radius 3 is 2.91 bits per heavy atom. The Morgan fingerprint density at radius 1 is 1.13 bits per heavy atom. The van der Waals surface area contributed by atoms with Crippen LogP contribution in [0.5, 0.6) is 0 Å². The van der Waals surface area contributed by atoms with E-state index in [2.05, 4.69) is 48.6 Å². The second-order valence-electron chi connectivity index (χ2n) is 4.80. The van der Waals surface area contributed by atoms with E-state index in [1.54, 1.807) is 30.7 Å². The molecule has 0 bridgehead atoms. The number of benzene rings is 1. The summed E-state index contributed by atoms with van der Waals surface area (Å²) in [6.45, 7) is 1.22. The number of hydrogen-bond acceptors (Lipinski definition) is 4. The minimum atomic E-state index is 0.552. The third-order valence-corrected chi connectivity index (χ3v) is 3.07. The average molecular weight is 304 g/mol. The zero-order valence-electron chi connectivity index (χ0n) is 12.5. The van der Waals surface area contributed by atoms with E-state index in [0.29, 0.717) is 25.0 Å². The van der Waals surface area contributed by atoms with Crippen LogP contribution in [0.4, 0.5) is 5.95 Å². The summed E-state index contributed by atoms with van der Waals surface area (Å²) in [5.41, 5.74) is 2.26. The molecule has 0 aliphatic carbocycles. The molecule has 1 aromatic carbocycles. The normalized spacial score (nSPS) is 14.5. The van der Waals surface area contributed by atoms with Gasteiger partial charge in [-0.2, -0.15) is 4.99 Å². The number of hydrogen-bond donors (Lipinski definition) is 2. The molecule has 0 fully saturated rings. The summed E-state index contributed by atoms with van der Waals surface area (Å²) in [5, 5.41) is 6.18. The van der Waals surface area contributed by atoms with E-state index in [1.165, 1.54) is 0 Å². The molecule has 0 spiro atoms. The Balaban J connectivity index is 1.62. The zero-order chi connectivity index (χ0) is 15.7. The van der Waals surface area contributed by atoms with E-state index in [-0.39, 0.29) is 0 Å². The molecule has 23 heavy (non-hydrogen) atoms. The summed E-state index contributed by atoms with van der Waals surface area (Å²) in [5.74, 6) is 3.95. The van der Waals surface area contributed by atoms with Gasteiger partial charge >= 0.3 is 0 Å². The lowest BCUT2D eigenvalue weighted by Gasteiger charge is -2.06. The monoisotopic (exact) mass is 304 g/mol. The van der Waals surface area contributed by atoms with Gasteiger partial charge in [0.25, 0.3) is 0 Å². The minimum absolute atomic E-state index is 0.552. The van der Waals surface area contributed by atoms with Gasteiger partial charge in [0, 0.05) is 31.2 Å². The number of allylic oxidation sites excluding steroid dienone is 2. The lowest BCUT2D eigenvalue weighted by molar-refractivity contribution is 1.01. The highest BCUT2D eigenvalue weighted by Crippen LogP contribution is 2.08. The summed E-state index contributed by atoms with van der Waals surface area (Å²) in [7, 11) is 0. The van der Waals surface area contributed by atoms with Crippen molar-refractivity contribution < 1.29 is 0 Å². The number of nitrogens with zero attached hydrogens (tertiary/aromatic N) is 4. The molecule has 0 unspecified atom stereocenters. The number of anilines is 1. The minimum Gasteiger partial charge on any atom is -0.350 e. The predicted molar refractivity (Wildman–Crippen MR) is 91.2 cm³/mol. The third-order valence-electron chi connectivity index (χ3n) is 3.07. The summed E-state index contributed by atoms with van der Waals surface area (Å²) >= 11 is 0. The summed E-state index contributed by atoms with van der Waals surface area (Å²) < 4.78 is 0. The van der Waals surface area contributed by atoms with Crippen LogP contribution < -0.4 is 10.6 Å². The van der Waals surface area contributed by atoms with Crippen molar-refractivity contribution in [3.63, 3.8) is 0 Å². The Kier molecular flexibility index (Phi) is 4.90. The largest absolute Gasteiger partial charge is 0.350 e. The van der Waals surface area contributed by atoms with Gasteiger partial charge in [-0.1, -0.05) is 24.3 Å². The molecule has 0 amide bonds. The van der Waals surface area contributed by atoms with Gasteiger partial charge in [0.05, 0.1) is 6.54 Å². The van der Waals surface area contributed by atoms with Crippen LogP contribution in [0.15, 0.2) is 71.1 Å². The maximum absolute atomic E-state index is 4.43. The number of aromatic nitrogens is 2. The molecule has 0 atom stereocenters. The number of nitrogens with one attached hydrogen (secondary N) is 2. The van der Waals surface area contributed by atoms with E-state index in [1.807, 2.05) is 18.2 Å². The van der Waals surface area contributed by atoms with Crippen LogP contribution in [0, 0.1) is 0 Å². The van der Waals surface area contributed by atoms with Crippen molar-refractivity contribution in [1.29, 1.82) is 0 Å². The maximum Gasteiger partial charge on any atom is 0.230 e. The Labute approximate surface area is 134 Å². The SMILES string of the molecule is C1=CC=CNC(=NCc2cccc(CNc3ncccn3)c2)N=1. The van der Waals surface area contributed by atoms with E-state index in [9.17, 15) is 0 Å². The molecule has 1 aliphatic heterocycles. The van der Waals surface area contributed by atoms with E-state index in [0.717, 1.165) is 11.1 Å². The summed E-state index contributed by atoms with van der Waals surface area (Å²) in [6, 6.07) is 10.0. The van der Waals surface area contributed by atoms with Crippen molar-refractivity contribution in [3.05, 3.63) is 72.2 Å². The highest BCUT2D eigenvalue weighted by atomic mass is 15.1. The van der Waals surface area contributed by atoms with E-state index in [4.69, 9.17) is 0 Å². The molecule has 1 aromatic heterocycles. The van der Waals surface area contributed by atoms with Gasteiger partial charge in [-0.15, -0.1) is 0 Å². The van der Waals surface area contributed by atoms with Crippen molar-refractivity contribution in [1.82, 2.24) is 15.3 Å². The Hall–Kier alpha value is -3.24. The van der Waals surface area contributed by atoms with Gasteiger partial charge in [-0.05, 0) is 29.1 Å². The fourth-order valence-electron chi connectivity index (χ4n) is 2.00. The van der Waals surface area contributed by atoms with Crippen LogP contribution in [-0.4, -0.2) is 21.8 Å². The molecule has 114 valence electrons. The molecule has 2 N–H and O–H groups in total. The molecular weight excluding hydrogens is 288 g/mol. The van der Waals surface area contributed by atoms with Crippen LogP contribution in [-0.2, 0) is 13.1 Å². The van der Waals surface area contributed by atoms with Crippen molar-refractivity contribution in [2.45, 2.75) is 13.1 Å². The summed E-state index contributed by atoms with van der Waals surface area (Å²) in [6.07, 6.45) is 8.76. The average Bonchev–Trinajstić information content (AvgIpc) is 2.88. The Bertz CT molecular complexity index is 773. The highest BCUT2D eigenvalue weighted by molar-refractivity contribution is 5.88. The fourth-order valence-corrected chi connectivity index (χ4v) is 2.00. The van der Waals surface area contributed by atoms with Crippen LogP contribution in [0.25, 0.3) is 0 Å². The van der Waals surface area contributed by atoms with Crippen molar-refractivity contribution in [2.24, 2.45) is 9.98 Å². The molecule has 2 aromatic rings. The fraction of sp³-hybridized carbons (Fsp3) is 0.118. The van der Waals surface area contributed by atoms with Gasteiger partial charge < -0.3 is 10.6 Å². The lowest BCUT2D eigenvalue weighted by Crippen LogP contribution is -2.14. The molecule has 3 rings (SSSR count). The second-order valence-corrected chi connectivity index (χ2v) is 4.80. The first-order valence-electron chi connectivity index (χ1n) is 7.24. The predicted octanol–water partition coefficient (Wildman–Crippen LogP) is 2.29. The lowest BCUT2D eigenvalue weighted by atomic mass is 10.1. The van der Waals surface area contributed by atoms with Gasteiger partial charge in [0.2, 0.25) is 11.9 Å². The van der Waals surface area contributed by atoms with Crippen LogP contribution in [0.2, 0.25) is 0 Å². The zero-order valence-corrected chi connectivity index (χ0v) is 12.5. The smallest absolute Gasteiger partial charge is 0.230 e. The molecular formula is C17H16N6. The topological polar surface area (TPSA) is 74.6 Å². The summed E-state index contributed by atoms with van der Waals surface area (Å²) in [4.78, 5) is 16.8. The molecule has 0 saturated heterocycles. The van der Waals surface area contributed by atoms with E-state index >= 15 is 0 Å². The Morgan fingerprint density at radius 2 is 2.00 bits per heavy atom. The second kappa shape index (κ2) is 7.68. The number of guanidine groups is 1. The first kappa shape index (κ1) is 14.7. The number of rotatable bonds is 5. The highest BCUT2D eigenvalue weighted by Gasteiger charge is 1.99. The van der Waals surface area contributed by atoms with E-state index < -0.39 is 0 Å². The molecule has 1 aliphatic rings. The number of aliphatic imine (C=N–C) groups is 2. The van der Waals surface area contributed by atoms with Gasteiger partial charge in [-0.3, -0.25) is 0 Å². The van der Waals surface area contributed by atoms with Crippen molar-refractivity contribution >= 4 is 17.8 Å². The van der Waals surface area contributed by atoms with Gasteiger partial charge in [0.1, 0.15) is 0 Å². The maximum atomic E-state index is 4.43. The first-order valence-corrected chi connectivity index (χ1v) is 7.24. The van der Waals surface area contributed by atoms with Crippen LogP contribution >= 0.6 is 0 Å². The van der Waals surface area contributed by atoms with Crippen molar-refractivity contribution in [3.8, 4) is 0 Å². The molecule has 0 radical (unpaired) electrons. The molecule has 6 nitrogen and oxygen atoms in total. The van der Waals surface area contributed by atoms with Gasteiger partial charge in [0.15, 0.2) is 0 Å². The van der Waals surface area contributed by atoms with Crippen LogP contribution in [0.3, 0.4) is 0 Å².